The number of nitrogens with zero attached hydrogens (tertiary/aromatic N) is 3. The van der Waals surface area contributed by atoms with Crippen LogP contribution in [0.1, 0.15) is 36.1 Å². The number of halogens is 1. The van der Waals surface area contributed by atoms with E-state index in [1.807, 2.05) is 4.90 Å². The summed E-state index contributed by atoms with van der Waals surface area (Å²) in [5.74, 6) is -0.136. The van der Waals surface area contributed by atoms with Crippen LogP contribution in [0, 0.1) is 13.8 Å². The van der Waals surface area contributed by atoms with Gasteiger partial charge in [-0.3, -0.25) is 38.4 Å². The van der Waals surface area contributed by atoms with E-state index in [1.54, 1.807) is 30.8 Å². The molecule has 4 heterocycles. The van der Waals surface area contributed by atoms with Gasteiger partial charge >= 0.3 is 11.4 Å². The van der Waals surface area contributed by atoms with Gasteiger partial charge in [0.1, 0.15) is 6.04 Å². The van der Waals surface area contributed by atoms with E-state index in [-0.39, 0.29) is 54.6 Å². The van der Waals surface area contributed by atoms with E-state index in [0.717, 1.165) is 0 Å². The predicted molar refractivity (Wildman–Crippen MR) is 127 cm³/mol. The first-order valence-electron chi connectivity index (χ1n) is 11.8. The van der Waals surface area contributed by atoms with Gasteiger partial charge in [-0.2, -0.15) is 0 Å². The third-order valence-corrected chi connectivity index (χ3v) is 7.08. The Morgan fingerprint density at radius 1 is 1.03 bits per heavy atom. The van der Waals surface area contributed by atoms with Crippen LogP contribution >= 0.6 is 0 Å². The number of nitrogens with two attached hydrogens (primary N) is 2. The summed E-state index contributed by atoms with van der Waals surface area (Å²) in [6, 6.07) is -0.174. The first-order chi connectivity index (χ1) is 16.7. The number of nitrogens with one attached hydrogen (secondary N) is 3. The van der Waals surface area contributed by atoms with Gasteiger partial charge in [-0.05, 0) is 20.3 Å². The SMILES string of the molecule is Cc1cn([C@@H]2C[C@H](CN)N(CC(=O)NC[C@H]3C[C@@H](n4cc(C)c(=O)[nH]c4=O)C[NH2+]3)C2)c(=O)[nH]c1=O.[Cl-]. The normalized spacial score (nSPS) is 24.0. The topological polar surface area (TPSA) is 185 Å². The van der Waals surface area contributed by atoms with Gasteiger partial charge in [-0.1, -0.05) is 0 Å². The second kappa shape index (κ2) is 11.4. The molecule has 0 unspecified atom stereocenters. The third-order valence-electron chi connectivity index (χ3n) is 7.08. The maximum Gasteiger partial charge on any atom is 0.328 e. The molecule has 2 aromatic rings. The first kappa shape index (κ1) is 27.6. The van der Waals surface area contributed by atoms with Crippen LogP contribution in [0.5, 0.6) is 0 Å². The van der Waals surface area contributed by atoms with Gasteiger partial charge in [0.2, 0.25) is 5.91 Å². The predicted octanol–water partition coefficient (Wildman–Crippen LogP) is -6.73. The lowest BCUT2D eigenvalue weighted by Crippen LogP contribution is -3.00. The summed E-state index contributed by atoms with van der Waals surface area (Å²) in [6.45, 7) is 5.44. The standard InChI is InChI=1S/C22H32N8O5.ClH/c1-12-8-29(21(34)26-19(12)32)16-3-14(24-7-16)6-25-18(31)11-28-10-17(4-15(28)5-23)30-9-13(2)20(33)27-22(30)35;/h8-9,14-17,24H,3-7,10-11,23H2,1-2H3,(H,25,31)(H,26,32,34)(H,27,33,35);1H/t14-,15-,16-,17-;/m1./s1. The quantitative estimate of drug-likeness (QED) is 0.238. The van der Waals surface area contributed by atoms with Crippen molar-refractivity contribution in [3.05, 3.63) is 65.2 Å². The summed E-state index contributed by atoms with van der Waals surface area (Å²) in [5, 5.41) is 5.07. The molecule has 2 fully saturated rings. The van der Waals surface area contributed by atoms with Crippen molar-refractivity contribution in [2.75, 3.05) is 32.7 Å². The number of rotatable bonds is 7. The van der Waals surface area contributed by atoms with Crippen molar-refractivity contribution >= 4 is 5.91 Å². The van der Waals surface area contributed by atoms with Gasteiger partial charge in [0.15, 0.2) is 0 Å². The number of hydrogen-bond donors (Lipinski definition) is 5. The molecule has 0 spiro atoms. The molecule has 2 aliphatic rings. The monoisotopic (exact) mass is 524 g/mol. The van der Waals surface area contributed by atoms with Crippen molar-refractivity contribution in [1.82, 2.24) is 29.3 Å². The highest BCUT2D eigenvalue weighted by molar-refractivity contribution is 5.78. The number of carbonyl (C=O) groups excluding carboxylic acids is 1. The fourth-order valence-corrected chi connectivity index (χ4v) is 5.08. The number of quaternary nitrogens is 1. The van der Waals surface area contributed by atoms with Crippen LogP contribution < -0.4 is 51.3 Å². The Balaban J connectivity index is 0.00000361. The molecule has 14 heteroatoms. The summed E-state index contributed by atoms with van der Waals surface area (Å²) in [4.78, 5) is 67.1. The Morgan fingerprint density at radius 2 is 1.61 bits per heavy atom. The molecule has 1 amide bonds. The van der Waals surface area contributed by atoms with Gasteiger partial charge in [0.25, 0.3) is 11.1 Å². The average molecular weight is 525 g/mol. The van der Waals surface area contributed by atoms with Crippen LogP contribution in [0.25, 0.3) is 0 Å². The Labute approximate surface area is 212 Å². The molecular formula is C22H33ClN8O5. The van der Waals surface area contributed by atoms with Gasteiger partial charge in [-0.15, -0.1) is 0 Å². The minimum atomic E-state index is -0.462. The number of likely N-dealkylation sites (tertiary alicyclic amines) is 1. The lowest BCUT2D eigenvalue weighted by molar-refractivity contribution is -0.669. The van der Waals surface area contributed by atoms with Crippen LogP contribution in [0.15, 0.2) is 31.6 Å². The molecule has 2 aromatic heterocycles. The van der Waals surface area contributed by atoms with Gasteiger partial charge in [-0.25, -0.2) is 9.59 Å². The molecule has 0 aromatic carbocycles. The van der Waals surface area contributed by atoms with Crippen molar-refractivity contribution in [3.63, 3.8) is 0 Å². The third kappa shape index (κ3) is 5.86. The zero-order chi connectivity index (χ0) is 25.3. The highest BCUT2D eigenvalue weighted by Crippen LogP contribution is 2.25. The van der Waals surface area contributed by atoms with Crippen LogP contribution in [-0.2, 0) is 4.79 Å². The maximum atomic E-state index is 12.7. The van der Waals surface area contributed by atoms with Crippen LogP contribution in [0.2, 0.25) is 0 Å². The molecule has 4 atom stereocenters. The van der Waals surface area contributed by atoms with E-state index >= 15 is 0 Å². The number of carbonyl (C=O) groups is 1. The van der Waals surface area contributed by atoms with Gasteiger partial charge in [0.05, 0.1) is 31.7 Å². The summed E-state index contributed by atoms with van der Waals surface area (Å²) in [6.07, 6.45) is 4.45. The molecule has 7 N–H and O–H groups in total. The highest BCUT2D eigenvalue weighted by Gasteiger charge is 2.35. The smallest absolute Gasteiger partial charge is 0.328 e. The molecule has 2 saturated heterocycles. The second-order valence-electron chi connectivity index (χ2n) is 9.59. The number of aromatic amines is 2. The molecule has 36 heavy (non-hydrogen) atoms. The summed E-state index contributed by atoms with van der Waals surface area (Å²) < 4.78 is 3.08. The Morgan fingerprint density at radius 3 is 2.19 bits per heavy atom. The van der Waals surface area contributed by atoms with Crippen LogP contribution in [-0.4, -0.2) is 74.7 Å². The molecule has 0 radical (unpaired) electrons. The minimum absolute atomic E-state index is 0. The zero-order valence-electron chi connectivity index (χ0n) is 20.3. The summed E-state index contributed by atoms with van der Waals surface area (Å²) >= 11 is 0. The number of hydrogen-bond acceptors (Lipinski definition) is 7. The average Bonchev–Trinajstić information content (AvgIpc) is 3.44. The molecular weight excluding hydrogens is 492 g/mol. The van der Waals surface area contributed by atoms with E-state index in [2.05, 4.69) is 20.6 Å². The van der Waals surface area contributed by atoms with Gasteiger partial charge in [0, 0.05) is 49.1 Å². The minimum Gasteiger partial charge on any atom is -1.00 e. The molecule has 0 saturated carbocycles. The van der Waals surface area contributed by atoms with Crippen LogP contribution in [0.3, 0.4) is 0 Å². The van der Waals surface area contributed by atoms with E-state index in [9.17, 15) is 24.0 Å². The lowest BCUT2D eigenvalue weighted by Gasteiger charge is -2.22. The Bertz CT molecular complexity index is 1330. The first-order valence-corrected chi connectivity index (χ1v) is 11.8. The molecule has 4 rings (SSSR count). The van der Waals surface area contributed by atoms with Gasteiger partial charge < -0.3 is 28.8 Å². The number of aromatic nitrogens is 4. The number of amides is 1. The number of aryl methyl sites for hydroxylation is 2. The molecule has 13 nitrogen and oxygen atoms in total. The second-order valence-corrected chi connectivity index (χ2v) is 9.59. The lowest BCUT2D eigenvalue weighted by atomic mass is 10.1. The largest absolute Gasteiger partial charge is 1.00 e. The maximum absolute atomic E-state index is 12.7. The zero-order valence-corrected chi connectivity index (χ0v) is 21.1. The Kier molecular flexibility index (Phi) is 8.71. The van der Waals surface area contributed by atoms with E-state index in [1.165, 1.54) is 4.57 Å². The molecule has 0 bridgehead atoms. The van der Waals surface area contributed by atoms with Crippen molar-refractivity contribution in [3.8, 4) is 0 Å². The van der Waals surface area contributed by atoms with Crippen molar-refractivity contribution in [1.29, 1.82) is 0 Å². The number of H-pyrrole nitrogens is 2. The van der Waals surface area contributed by atoms with E-state index in [0.29, 0.717) is 50.1 Å². The van der Waals surface area contributed by atoms with E-state index < -0.39 is 16.9 Å². The molecule has 198 valence electrons. The van der Waals surface area contributed by atoms with Crippen LogP contribution in [0.4, 0.5) is 0 Å². The molecule has 0 aliphatic carbocycles. The highest BCUT2D eigenvalue weighted by atomic mass is 35.5. The fraction of sp³-hybridized carbons (Fsp3) is 0.591. The van der Waals surface area contributed by atoms with Crippen molar-refractivity contribution in [2.24, 2.45) is 5.73 Å². The summed E-state index contributed by atoms with van der Waals surface area (Å²) in [5.41, 5.74) is 5.21. The molecule has 2 aliphatic heterocycles. The van der Waals surface area contributed by atoms with E-state index in [4.69, 9.17) is 5.73 Å². The van der Waals surface area contributed by atoms with Crippen molar-refractivity contribution < 1.29 is 22.5 Å². The fourth-order valence-electron chi connectivity index (χ4n) is 5.08. The van der Waals surface area contributed by atoms with Crippen molar-refractivity contribution in [2.45, 2.75) is 50.9 Å². The summed E-state index contributed by atoms with van der Waals surface area (Å²) in [7, 11) is 0. The Hall–Kier alpha value is -3.00.